The first-order valence-electron chi connectivity index (χ1n) is 9.05. The number of nitrogens with zero attached hydrogens (tertiary/aromatic N) is 3. The van der Waals surface area contributed by atoms with Gasteiger partial charge in [-0.1, -0.05) is 36.4 Å². The predicted octanol–water partition coefficient (Wildman–Crippen LogP) is 2.91. The Bertz CT molecular complexity index is 756. The van der Waals surface area contributed by atoms with Crippen molar-refractivity contribution >= 4 is 11.6 Å². The Labute approximate surface area is 154 Å². The third-order valence-electron chi connectivity index (χ3n) is 5.02. The van der Waals surface area contributed by atoms with Gasteiger partial charge in [0.1, 0.15) is 5.82 Å². The van der Waals surface area contributed by atoms with E-state index in [4.69, 9.17) is 0 Å². The van der Waals surface area contributed by atoms with E-state index in [1.165, 1.54) is 17.2 Å². The van der Waals surface area contributed by atoms with E-state index in [-0.39, 0.29) is 18.3 Å². The summed E-state index contributed by atoms with van der Waals surface area (Å²) in [4.78, 5) is 18.5. The zero-order valence-corrected chi connectivity index (χ0v) is 15.5. The van der Waals surface area contributed by atoms with Crippen LogP contribution in [-0.4, -0.2) is 55.5 Å². The Morgan fingerprint density at radius 1 is 1.04 bits per heavy atom. The van der Waals surface area contributed by atoms with E-state index in [0.29, 0.717) is 5.69 Å². The smallest absolute Gasteiger partial charge is 0.242 e. The summed E-state index contributed by atoms with van der Waals surface area (Å²) in [6.07, 6.45) is 0. The van der Waals surface area contributed by atoms with Crippen LogP contribution in [0.2, 0.25) is 0 Å². The van der Waals surface area contributed by atoms with Gasteiger partial charge in [0.05, 0.1) is 12.2 Å². The van der Waals surface area contributed by atoms with Crippen LogP contribution in [0, 0.1) is 12.7 Å². The van der Waals surface area contributed by atoms with Crippen molar-refractivity contribution in [2.24, 2.45) is 0 Å². The van der Waals surface area contributed by atoms with Crippen molar-refractivity contribution in [1.29, 1.82) is 0 Å². The highest BCUT2D eigenvalue weighted by atomic mass is 19.1. The molecule has 2 aromatic rings. The minimum Gasteiger partial charge on any atom is -0.363 e. The zero-order valence-electron chi connectivity index (χ0n) is 15.5. The highest BCUT2D eigenvalue weighted by Crippen LogP contribution is 2.17. The molecule has 138 valence electrons. The summed E-state index contributed by atoms with van der Waals surface area (Å²) >= 11 is 0. The van der Waals surface area contributed by atoms with Gasteiger partial charge in [0.2, 0.25) is 5.91 Å². The molecule has 0 unspecified atom stereocenters. The second-order valence-electron chi connectivity index (χ2n) is 6.89. The summed E-state index contributed by atoms with van der Waals surface area (Å²) in [5.74, 6) is -0.253. The van der Waals surface area contributed by atoms with Crippen LogP contribution >= 0.6 is 0 Å². The molecule has 1 aliphatic rings. The van der Waals surface area contributed by atoms with Crippen molar-refractivity contribution in [3.8, 4) is 0 Å². The molecular weight excluding hydrogens is 329 g/mol. The summed E-state index contributed by atoms with van der Waals surface area (Å²) in [7, 11) is 1.75. The maximum Gasteiger partial charge on any atom is 0.242 e. The number of rotatable bonds is 5. The molecule has 0 aromatic heterocycles. The molecule has 0 radical (unpaired) electrons. The molecule has 0 bridgehead atoms. The first-order valence-corrected chi connectivity index (χ1v) is 9.05. The minimum atomic E-state index is -0.300. The van der Waals surface area contributed by atoms with Crippen LogP contribution in [0.15, 0.2) is 48.5 Å². The third-order valence-corrected chi connectivity index (χ3v) is 5.02. The van der Waals surface area contributed by atoms with Gasteiger partial charge in [0, 0.05) is 39.8 Å². The molecule has 2 aromatic carbocycles. The van der Waals surface area contributed by atoms with E-state index in [2.05, 4.69) is 36.1 Å². The van der Waals surface area contributed by atoms with Gasteiger partial charge in [-0.15, -0.1) is 0 Å². The molecule has 1 fully saturated rings. The number of amides is 1. The number of halogens is 1. The van der Waals surface area contributed by atoms with Crippen molar-refractivity contribution in [3.05, 3.63) is 65.5 Å². The molecule has 0 N–H and O–H groups in total. The topological polar surface area (TPSA) is 26.8 Å². The van der Waals surface area contributed by atoms with Gasteiger partial charge in [0.15, 0.2) is 0 Å². The lowest BCUT2D eigenvalue weighted by molar-refractivity contribution is -0.131. The number of benzene rings is 2. The van der Waals surface area contributed by atoms with Gasteiger partial charge in [-0.05, 0) is 30.2 Å². The fourth-order valence-electron chi connectivity index (χ4n) is 3.33. The average Bonchev–Trinajstić information content (AvgIpc) is 2.64. The molecule has 1 saturated heterocycles. The number of carbonyl (C=O) groups excluding carboxylic acids is 1. The Morgan fingerprint density at radius 2 is 1.69 bits per heavy atom. The van der Waals surface area contributed by atoms with Crippen LogP contribution in [0.4, 0.5) is 10.1 Å². The summed E-state index contributed by atoms with van der Waals surface area (Å²) in [5, 5.41) is 0. The first kappa shape index (κ1) is 18.4. The standard InChI is InChI=1S/C21H26FN3O/c1-17-7-3-4-8-18(17)15-24-11-13-25(14-12-24)21(26)16-23(2)20-10-6-5-9-19(20)22/h3-10H,11-16H2,1-2H3. The van der Waals surface area contributed by atoms with E-state index >= 15 is 0 Å². The lowest BCUT2D eigenvalue weighted by Crippen LogP contribution is -2.50. The Kier molecular flexibility index (Phi) is 5.89. The van der Waals surface area contributed by atoms with Crippen LogP contribution in [0.3, 0.4) is 0 Å². The fourth-order valence-corrected chi connectivity index (χ4v) is 3.33. The Morgan fingerprint density at radius 3 is 2.38 bits per heavy atom. The maximum absolute atomic E-state index is 13.9. The van der Waals surface area contributed by atoms with Crippen molar-refractivity contribution in [1.82, 2.24) is 9.80 Å². The molecule has 1 amide bonds. The quantitative estimate of drug-likeness (QED) is 0.825. The molecule has 1 aliphatic heterocycles. The summed E-state index contributed by atoms with van der Waals surface area (Å²) < 4.78 is 13.9. The minimum absolute atomic E-state index is 0.0475. The molecular formula is C21H26FN3O. The molecule has 5 heteroatoms. The first-order chi connectivity index (χ1) is 12.5. The number of para-hydroxylation sites is 1. The van der Waals surface area contributed by atoms with E-state index in [0.717, 1.165) is 32.7 Å². The van der Waals surface area contributed by atoms with Gasteiger partial charge >= 0.3 is 0 Å². The second-order valence-corrected chi connectivity index (χ2v) is 6.89. The van der Waals surface area contributed by atoms with Crippen LogP contribution in [0.1, 0.15) is 11.1 Å². The van der Waals surface area contributed by atoms with E-state index in [1.54, 1.807) is 30.1 Å². The number of hydrogen-bond donors (Lipinski definition) is 0. The number of carbonyl (C=O) groups is 1. The molecule has 1 heterocycles. The van der Waals surface area contributed by atoms with Crippen LogP contribution < -0.4 is 4.90 Å². The van der Waals surface area contributed by atoms with Crippen molar-refractivity contribution in [3.63, 3.8) is 0 Å². The largest absolute Gasteiger partial charge is 0.363 e. The van der Waals surface area contributed by atoms with Gasteiger partial charge in [-0.3, -0.25) is 9.69 Å². The number of anilines is 1. The van der Waals surface area contributed by atoms with E-state index in [1.807, 2.05) is 4.90 Å². The highest BCUT2D eigenvalue weighted by Gasteiger charge is 2.22. The fraction of sp³-hybridized carbons (Fsp3) is 0.381. The number of likely N-dealkylation sites (N-methyl/N-ethyl adjacent to an activating group) is 1. The zero-order chi connectivity index (χ0) is 18.5. The number of piperazine rings is 1. The van der Waals surface area contributed by atoms with Crippen molar-refractivity contribution in [2.45, 2.75) is 13.5 Å². The number of hydrogen-bond acceptors (Lipinski definition) is 3. The monoisotopic (exact) mass is 355 g/mol. The molecule has 0 saturated carbocycles. The SMILES string of the molecule is Cc1ccccc1CN1CCN(C(=O)CN(C)c2ccccc2F)CC1. The molecule has 3 rings (SSSR count). The highest BCUT2D eigenvalue weighted by molar-refractivity contribution is 5.81. The molecule has 0 atom stereocenters. The Balaban J connectivity index is 1.51. The average molecular weight is 355 g/mol. The summed E-state index contributed by atoms with van der Waals surface area (Å²) in [6, 6.07) is 15.0. The molecule has 0 spiro atoms. The van der Waals surface area contributed by atoms with Gasteiger partial charge < -0.3 is 9.80 Å². The molecule has 0 aliphatic carbocycles. The maximum atomic E-state index is 13.9. The van der Waals surface area contributed by atoms with Gasteiger partial charge in [0.25, 0.3) is 0 Å². The summed E-state index contributed by atoms with van der Waals surface area (Å²) in [6.45, 7) is 6.41. The molecule has 4 nitrogen and oxygen atoms in total. The lowest BCUT2D eigenvalue weighted by Gasteiger charge is -2.36. The van der Waals surface area contributed by atoms with Crippen LogP contribution in [0.5, 0.6) is 0 Å². The normalized spacial score (nSPS) is 15.1. The number of aryl methyl sites for hydroxylation is 1. The predicted molar refractivity (Wildman–Crippen MR) is 103 cm³/mol. The van der Waals surface area contributed by atoms with Crippen molar-refractivity contribution < 1.29 is 9.18 Å². The third kappa shape index (κ3) is 4.41. The summed E-state index contributed by atoms with van der Waals surface area (Å²) in [5.41, 5.74) is 3.10. The van der Waals surface area contributed by atoms with Gasteiger partial charge in [-0.25, -0.2) is 4.39 Å². The van der Waals surface area contributed by atoms with Crippen molar-refractivity contribution in [2.75, 3.05) is 44.7 Å². The lowest BCUT2D eigenvalue weighted by atomic mass is 10.1. The Hall–Kier alpha value is -2.40. The van der Waals surface area contributed by atoms with E-state index < -0.39 is 0 Å². The van der Waals surface area contributed by atoms with E-state index in [9.17, 15) is 9.18 Å². The molecule has 26 heavy (non-hydrogen) atoms. The van der Waals surface area contributed by atoms with Crippen LogP contribution in [-0.2, 0) is 11.3 Å². The second kappa shape index (κ2) is 8.32. The van der Waals surface area contributed by atoms with Crippen LogP contribution in [0.25, 0.3) is 0 Å². The van der Waals surface area contributed by atoms with Gasteiger partial charge in [-0.2, -0.15) is 0 Å².